The Bertz CT molecular complexity index is 990. The maximum Gasteiger partial charge on any atom is 0.343 e. The maximum absolute atomic E-state index is 12.7. The first kappa shape index (κ1) is 22.4. The van der Waals surface area contributed by atoms with E-state index < -0.39 is 11.4 Å². The summed E-state index contributed by atoms with van der Waals surface area (Å²) in [7, 11) is 1.63. The van der Waals surface area contributed by atoms with Crippen LogP contribution < -0.4 is 10.2 Å². The number of halogens is 1. The molecule has 0 N–H and O–H groups in total. The van der Waals surface area contributed by atoms with Crippen molar-refractivity contribution in [3.8, 4) is 17.3 Å². The zero-order chi connectivity index (χ0) is 22.1. The second kappa shape index (κ2) is 8.81. The molecule has 1 atom stereocenters. The predicted molar refractivity (Wildman–Crippen MR) is 113 cm³/mol. The van der Waals surface area contributed by atoms with Gasteiger partial charge in [-0.05, 0) is 12.3 Å². The molecule has 0 amide bonds. The molecule has 0 saturated carbocycles. The van der Waals surface area contributed by atoms with Crippen LogP contribution in [0.15, 0.2) is 17.1 Å². The maximum atomic E-state index is 12.7. The van der Waals surface area contributed by atoms with Gasteiger partial charge in [-0.1, -0.05) is 32.4 Å². The van der Waals surface area contributed by atoms with E-state index in [1.54, 1.807) is 24.9 Å². The first-order chi connectivity index (χ1) is 14.2. The molecule has 0 aromatic carbocycles. The van der Waals surface area contributed by atoms with Crippen LogP contribution in [0.4, 0.5) is 0 Å². The van der Waals surface area contributed by atoms with E-state index in [-0.39, 0.29) is 23.6 Å². The number of pyridine rings is 1. The van der Waals surface area contributed by atoms with Crippen LogP contribution in [0.1, 0.15) is 50.5 Å². The molecule has 1 aliphatic heterocycles. The molecule has 164 valence electrons. The van der Waals surface area contributed by atoms with Gasteiger partial charge in [0.25, 0.3) is 5.88 Å². The minimum Gasteiger partial charge on any atom is -0.475 e. The summed E-state index contributed by atoms with van der Waals surface area (Å²) in [6.45, 7) is 9.72. The van der Waals surface area contributed by atoms with Crippen molar-refractivity contribution in [2.75, 3.05) is 26.9 Å². The summed E-state index contributed by atoms with van der Waals surface area (Å²) in [5, 5.41) is 4.89. The number of rotatable bonds is 7. The Morgan fingerprint density at radius 1 is 1.33 bits per heavy atom. The Labute approximate surface area is 180 Å². The largest absolute Gasteiger partial charge is 0.475 e. The summed E-state index contributed by atoms with van der Waals surface area (Å²) in [6.07, 6.45) is 2.29. The van der Waals surface area contributed by atoms with Gasteiger partial charge < -0.3 is 18.8 Å². The highest BCUT2D eigenvalue weighted by Gasteiger charge is 2.36. The molecule has 30 heavy (non-hydrogen) atoms. The number of carbonyl (C=O) groups is 1. The summed E-state index contributed by atoms with van der Waals surface area (Å²) in [6, 6.07) is 1.37. The number of carbonyl (C=O) groups excluding carboxylic acids is 1. The van der Waals surface area contributed by atoms with E-state index in [4.69, 9.17) is 25.8 Å². The van der Waals surface area contributed by atoms with Crippen molar-refractivity contribution in [3.05, 3.63) is 33.1 Å². The smallest absolute Gasteiger partial charge is 0.343 e. The van der Waals surface area contributed by atoms with E-state index in [1.807, 2.05) is 4.57 Å². The minimum absolute atomic E-state index is 0.00924. The molecule has 0 aliphatic carbocycles. The van der Waals surface area contributed by atoms with Crippen LogP contribution in [-0.4, -0.2) is 47.2 Å². The fourth-order valence-electron chi connectivity index (χ4n) is 3.56. The van der Waals surface area contributed by atoms with Crippen LogP contribution in [0.25, 0.3) is 11.4 Å². The van der Waals surface area contributed by atoms with Crippen molar-refractivity contribution in [1.82, 2.24) is 14.3 Å². The normalized spacial score (nSPS) is 15.5. The SMILES string of the molecule is CCOC(=O)c1cn2c(cc1=O)-c1c(Cl)c(OCCCOC)nn1C[C@H]2C(C)(C)C. The summed E-state index contributed by atoms with van der Waals surface area (Å²) >= 11 is 6.60. The molecule has 3 heterocycles. The number of hydrogen-bond donors (Lipinski definition) is 0. The van der Waals surface area contributed by atoms with Crippen LogP contribution in [0.3, 0.4) is 0 Å². The van der Waals surface area contributed by atoms with Gasteiger partial charge in [-0.15, -0.1) is 5.10 Å². The molecule has 0 saturated heterocycles. The van der Waals surface area contributed by atoms with Crippen LogP contribution in [0.5, 0.6) is 5.88 Å². The minimum atomic E-state index is -0.627. The monoisotopic (exact) mass is 437 g/mol. The quantitative estimate of drug-likeness (QED) is 0.486. The van der Waals surface area contributed by atoms with Gasteiger partial charge >= 0.3 is 5.97 Å². The molecular weight excluding hydrogens is 410 g/mol. The molecule has 8 nitrogen and oxygen atoms in total. The summed E-state index contributed by atoms with van der Waals surface area (Å²) in [5.74, 6) is -0.302. The fraction of sp³-hybridized carbons (Fsp3) is 0.571. The third-order valence-electron chi connectivity index (χ3n) is 5.10. The van der Waals surface area contributed by atoms with Crippen molar-refractivity contribution in [2.45, 2.75) is 46.7 Å². The van der Waals surface area contributed by atoms with Gasteiger partial charge in [0.1, 0.15) is 16.3 Å². The van der Waals surface area contributed by atoms with E-state index in [9.17, 15) is 9.59 Å². The zero-order valence-electron chi connectivity index (χ0n) is 18.0. The Balaban J connectivity index is 2.10. The first-order valence-corrected chi connectivity index (χ1v) is 10.4. The Hall–Kier alpha value is -2.32. The van der Waals surface area contributed by atoms with Gasteiger partial charge in [-0.25, -0.2) is 4.79 Å². The lowest BCUT2D eigenvalue weighted by atomic mass is 9.85. The fourth-order valence-corrected chi connectivity index (χ4v) is 3.85. The molecule has 0 bridgehead atoms. The van der Waals surface area contributed by atoms with E-state index in [0.29, 0.717) is 48.5 Å². The van der Waals surface area contributed by atoms with E-state index in [0.717, 1.165) is 0 Å². The van der Waals surface area contributed by atoms with Crippen LogP contribution in [0.2, 0.25) is 5.02 Å². The van der Waals surface area contributed by atoms with E-state index in [2.05, 4.69) is 25.9 Å². The number of hydrogen-bond acceptors (Lipinski definition) is 6. The number of ether oxygens (including phenoxy) is 3. The molecule has 9 heteroatoms. The Morgan fingerprint density at radius 3 is 2.70 bits per heavy atom. The summed E-state index contributed by atoms with van der Waals surface area (Å²) in [5.41, 5.74) is 0.622. The summed E-state index contributed by atoms with van der Waals surface area (Å²) in [4.78, 5) is 25.0. The molecule has 0 fully saturated rings. The van der Waals surface area contributed by atoms with Gasteiger partial charge in [0.2, 0.25) is 0 Å². The standard InChI is InChI=1S/C21H28ClN3O5/c1-6-29-20(27)13-11-24-14(10-15(13)26)18-17(22)19(30-9-7-8-28-5)23-25(18)12-16(24)21(2,3)4/h10-11,16H,6-9,12H2,1-5H3/t16-/m0/s1. The lowest BCUT2D eigenvalue weighted by Crippen LogP contribution is -2.35. The van der Waals surface area contributed by atoms with E-state index in [1.165, 1.54) is 6.07 Å². The third-order valence-corrected chi connectivity index (χ3v) is 5.44. The lowest BCUT2D eigenvalue weighted by Gasteiger charge is -2.38. The van der Waals surface area contributed by atoms with Gasteiger partial charge in [-0.2, -0.15) is 0 Å². The second-order valence-corrected chi connectivity index (χ2v) is 8.67. The molecule has 0 spiro atoms. The topological polar surface area (TPSA) is 84.6 Å². The van der Waals surface area contributed by atoms with Crippen LogP contribution >= 0.6 is 11.6 Å². The number of esters is 1. The number of nitrogens with zero attached hydrogens (tertiary/aromatic N) is 3. The van der Waals surface area contributed by atoms with Gasteiger partial charge in [0.15, 0.2) is 5.43 Å². The van der Waals surface area contributed by atoms with Crippen molar-refractivity contribution in [1.29, 1.82) is 0 Å². The van der Waals surface area contributed by atoms with Gasteiger partial charge in [0.05, 0.1) is 31.5 Å². The Morgan fingerprint density at radius 2 is 2.07 bits per heavy atom. The molecule has 0 unspecified atom stereocenters. The number of aromatic nitrogens is 3. The zero-order valence-corrected chi connectivity index (χ0v) is 18.8. The highest BCUT2D eigenvalue weighted by atomic mass is 35.5. The van der Waals surface area contributed by atoms with Gasteiger partial charge in [-0.3, -0.25) is 9.48 Å². The summed E-state index contributed by atoms with van der Waals surface area (Å²) < 4.78 is 19.6. The van der Waals surface area contributed by atoms with Crippen LogP contribution in [0, 0.1) is 5.41 Å². The second-order valence-electron chi connectivity index (χ2n) is 8.29. The highest BCUT2D eigenvalue weighted by Crippen LogP contribution is 2.44. The predicted octanol–water partition coefficient (Wildman–Crippen LogP) is 3.56. The van der Waals surface area contributed by atoms with E-state index >= 15 is 0 Å². The molecular formula is C21H28ClN3O5. The van der Waals surface area contributed by atoms with Crippen molar-refractivity contribution in [3.63, 3.8) is 0 Å². The third kappa shape index (κ3) is 4.25. The molecule has 1 aliphatic rings. The molecule has 3 rings (SSSR count). The van der Waals surface area contributed by atoms with Crippen molar-refractivity contribution < 1.29 is 19.0 Å². The van der Waals surface area contributed by atoms with Crippen molar-refractivity contribution >= 4 is 17.6 Å². The Kier molecular flexibility index (Phi) is 6.57. The molecule has 2 aromatic heterocycles. The average Bonchev–Trinajstić information content (AvgIpc) is 2.99. The average molecular weight is 438 g/mol. The first-order valence-electron chi connectivity index (χ1n) is 10.0. The lowest BCUT2D eigenvalue weighted by molar-refractivity contribution is 0.0522. The highest BCUT2D eigenvalue weighted by molar-refractivity contribution is 6.34. The number of fused-ring (bicyclic) bond motifs is 3. The molecule has 0 radical (unpaired) electrons. The van der Waals surface area contributed by atoms with Gasteiger partial charge in [0, 0.05) is 32.4 Å². The van der Waals surface area contributed by atoms with Crippen LogP contribution in [-0.2, 0) is 16.0 Å². The van der Waals surface area contributed by atoms with Crippen molar-refractivity contribution in [2.24, 2.45) is 5.41 Å². The number of methoxy groups -OCH3 is 1. The molecule has 2 aromatic rings.